The lowest BCUT2D eigenvalue weighted by atomic mass is 10.1. The minimum Gasteiger partial charge on any atom is -0.452 e. The maximum atomic E-state index is 11.9. The summed E-state index contributed by atoms with van der Waals surface area (Å²) in [6.07, 6.45) is 0. The van der Waals surface area contributed by atoms with Crippen LogP contribution in [0.2, 0.25) is 5.02 Å². The molecule has 0 aromatic heterocycles. The Morgan fingerprint density at radius 3 is 2.52 bits per heavy atom. The lowest BCUT2D eigenvalue weighted by molar-refractivity contribution is -0.124. The number of halogens is 1. The summed E-state index contributed by atoms with van der Waals surface area (Å²) in [4.78, 5) is 23.8. The van der Waals surface area contributed by atoms with Gasteiger partial charge in [-0.1, -0.05) is 41.4 Å². The van der Waals surface area contributed by atoms with Crippen molar-refractivity contribution < 1.29 is 14.3 Å². The fourth-order valence-corrected chi connectivity index (χ4v) is 2.23. The number of ether oxygens (including phenoxy) is 1. The summed E-state index contributed by atoms with van der Waals surface area (Å²) in [6, 6.07) is 14.0. The Hall–Kier alpha value is -2.33. The standard InChI is InChI=1S/C18H18ClNO3/c1-12-4-3-5-15(10-12)18(22)23-11-17(21)20-13(2)14-6-8-16(19)9-7-14/h3-10,13H,11H2,1-2H3,(H,20,21)/t13-/m0/s1. The van der Waals surface area contributed by atoms with Crippen molar-refractivity contribution in [3.63, 3.8) is 0 Å². The van der Waals surface area contributed by atoms with Crippen LogP contribution in [0.4, 0.5) is 0 Å². The van der Waals surface area contributed by atoms with Gasteiger partial charge in [-0.3, -0.25) is 4.79 Å². The Morgan fingerprint density at radius 1 is 1.17 bits per heavy atom. The zero-order valence-electron chi connectivity index (χ0n) is 13.0. The molecular formula is C18H18ClNO3. The van der Waals surface area contributed by atoms with Crippen LogP contribution in [0.15, 0.2) is 48.5 Å². The van der Waals surface area contributed by atoms with Gasteiger partial charge in [0.25, 0.3) is 5.91 Å². The Kier molecular flexibility index (Phi) is 5.77. The number of benzene rings is 2. The zero-order valence-corrected chi connectivity index (χ0v) is 13.8. The van der Waals surface area contributed by atoms with Gasteiger partial charge in [-0.05, 0) is 43.7 Å². The molecule has 1 N–H and O–H groups in total. The van der Waals surface area contributed by atoms with Crippen molar-refractivity contribution in [1.82, 2.24) is 5.32 Å². The number of hydrogen-bond acceptors (Lipinski definition) is 3. The van der Waals surface area contributed by atoms with Crippen LogP contribution >= 0.6 is 11.6 Å². The molecule has 2 aromatic rings. The van der Waals surface area contributed by atoms with Crippen LogP contribution in [0.1, 0.15) is 34.5 Å². The third kappa shape index (κ3) is 5.11. The van der Waals surface area contributed by atoms with Crippen molar-refractivity contribution in [2.75, 3.05) is 6.61 Å². The van der Waals surface area contributed by atoms with Gasteiger partial charge in [0.05, 0.1) is 11.6 Å². The molecule has 4 nitrogen and oxygen atoms in total. The summed E-state index contributed by atoms with van der Waals surface area (Å²) in [6.45, 7) is 3.42. The molecule has 23 heavy (non-hydrogen) atoms. The highest BCUT2D eigenvalue weighted by atomic mass is 35.5. The summed E-state index contributed by atoms with van der Waals surface area (Å²) in [5, 5.41) is 3.41. The fourth-order valence-electron chi connectivity index (χ4n) is 2.10. The quantitative estimate of drug-likeness (QED) is 0.850. The molecule has 0 heterocycles. The van der Waals surface area contributed by atoms with E-state index in [0.29, 0.717) is 10.6 Å². The number of nitrogens with one attached hydrogen (secondary N) is 1. The van der Waals surface area contributed by atoms with E-state index < -0.39 is 5.97 Å². The van der Waals surface area contributed by atoms with Crippen LogP contribution in [-0.4, -0.2) is 18.5 Å². The van der Waals surface area contributed by atoms with Crippen LogP contribution in [0.3, 0.4) is 0 Å². The maximum absolute atomic E-state index is 11.9. The van der Waals surface area contributed by atoms with E-state index in [1.54, 1.807) is 30.3 Å². The average Bonchev–Trinajstić information content (AvgIpc) is 2.53. The molecule has 0 radical (unpaired) electrons. The highest BCUT2D eigenvalue weighted by molar-refractivity contribution is 6.30. The molecule has 0 aliphatic heterocycles. The molecule has 1 amide bonds. The smallest absolute Gasteiger partial charge is 0.338 e. The molecule has 0 aliphatic carbocycles. The summed E-state index contributed by atoms with van der Waals surface area (Å²) in [5.41, 5.74) is 2.32. The van der Waals surface area contributed by atoms with Crippen LogP contribution < -0.4 is 5.32 Å². The first kappa shape index (κ1) is 17.0. The van der Waals surface area contributed by atoms with Crippen molar-refractivity contribution in [2.24, 2.45) is 0 Å². The fraction of sp³-hybridized carbons (Fsp3) is 0.222. The highest BCUT2D eigenvalue weighted by Gasteiger charge is 2.13. The number of carbonyl (C=O) groups is 2. The molecule has 2 aromatic carbocycles. The van der Waals surface area contributed by atoms with Crippen LogP contribution in [0.5, 0.6) is 0 Å². The molecule has 0 aliphatic rings. The molecule has 0 unspecified atom stereocenters. The van der Waals surface area contributed by atoms with E-state index >= 15 is 0 Å². The normalized spacial score (nSPS) is 11.6. The second kappa shape index (κ2) is 7.79. The van der Waals surface area contributed by atoms with Crippen LogP contribution in [-0.2, 0) is 9.53 Å². The van der Waals surface area contributed by atoms with E-state index in [4.69, 9.17) is 16.3 Å². The Bertz CT molecular complexity index is 698. The third-order valence-electron chi connectivity index (χ3n) is 3.34. The predicted octanol–water partition coefficient (Wildman–Crippen LogP) is 3.68. The first-order valence-electron chi connectivity index (χ1n) is 7.24. The Labute approximate surface area is 140 Å². The molecule has 0 bridgehead atoms. The SMILES string of the molecule is Cc1cccc(C(=O)OCC(=O)N[C@@H](C)c2ccc(Cl)cc2)c1. The molecule has 2 rings (SSSR count). The van der Waals surface area contributed by atoms with Gasteiger partial charge < -0.3 is 10.1 Å². The molecule has 5 heteroatoms. The average molecular weight is 332 g/mol. The summed E-state index contributed by atoms with van der Waals surface area (Å²) >= 11 is 5.83. The molecule has 0 saturated heterocycles. The van der Waals surface area contributed by atoms with E-state index in [0.717, 1.165) is 11.1 Å². The van der Waals surface area contributed by atoms with Gasteiger partial charge in [0, 0.05) is 5.02 Å². The van der Waals surface area contributed by atoms with E-state index in [9.17, 15) is 9.59 Å². The highest BCUT2D eigenvalue weighted by Crippen LogP contribution is 2.15. The lowest BCUT2D eigenvalue weighted by Gasteiger charge is -2.14. The number of carbonyl (C=O) groups excluding carboxylic acids is 2. The van der Waals surface area contributed by atoms with Crippen LogP contribution in [0.25, 0.3) is 0 Å². The Morgan fingerprint density at radius 2 is 1.87 bits per heavy atom. The minimum absolute atomic E-state index is 0.197. The molecule has 0 saturated carbocycles. The van der Waals surface area contributed by atoms with Crippen molar-refractivity contribution in [3.8, 4) is 0 Å². The largest absolute Gasteiger partial charge is 0.452 e. The topological polar surface area (TPSA) is 55.4 Å². The molecular weight excluding hydrogens is 314 g/mol. The predicted molar refractivity (Wildman–Crippen MR) is 89.5 cm³/mol. The van der Waals surface area contributed by atoms with Gasteiger partial charge in [-0.15, -0.1) is 0 Å². The number of amides is 1. The number of rotatable bonds is 5. The molecule has 0 fully saturated rings. The van der Waals surface area contributed by atoms with Gasteiger partial charge >= 0.3 is 5.97 Å². The van der Waals surface area contributed by atoms with Crippen molar-refractivity contribution in [2.45, 2.75) is 19.9 Å². The number of aryl methyl sites for hydroxylation is 1. The maximum Gasteiger partial charge on any atom is 0.338 e. The zero-order chi connectivity index (χ0) is 16.8. The van der Waals surface area contributed by atoms with Gasteiger partial charge in [-0.25, -0.2) is 4.79 Å². The van der Waals surface area contributed by atoms with Crippen LogP contribution in [0, 0.1) is 6.92 Å². The second-order valence-corrected chi connectivity index (χ2v) is 5.72. The van der Waals surface area contributed by atoms with E-state index in [1.807, 2.05) is 32.0 Å². The first-order chi connectivity index (χ1) is 11.0. The molecule has 0 spiro atoms. The van der Waals surface area contributed by atoms with Gasteiger partial charge in [0.15, 0.2) is 6.61 Å². The Balaban J connectivity index is 1.85. The van der Waals surface area contributed by atoms with E-state index in [1.165, 1.54) is 0 Å². The third-order valence-corrected chi connectivity index (χ3v) is 3.59. The van der Waals surface area contributed by atoms with Crippen molar-refractivity contribution >= 4 is 23.5 Å². The lowest BCUT2D eigenvalue weighted by Crippen LogP contribution is -2.31. The number of esters is 1. The first-order valence-corrected chi connectivity index (χ1v) is 7.62. The summed E-state index contributed by atoms with van der Waals surface area (Å²) in [5.74, 6) is -0.864. The van der Waals surface area contributed by atoms with Gasteiger partial charge in [0.2, 0.25) is 0 Å². The number of hydrogen-bond donors (Lipinski definition) is 1. The van der Waals surface area contributed by atoms with Gasteiger partial charge in [-0.2, -0.15) is 0 Å². The summed E-state index contributed by atoms with van der Waals surface area (Å²) in [7, 11) is 0. The van der Waals surface area contributed by atoms with Crippen molar-refractivity contribution in [3.05, 3.63) is 70.2 Å². The summed E-state index contributed by atoms with van der Waals surface area (Å²) < 4.78 is 5.03. The van der Waals surface area contributed by atoms with E-state index in [2.05, 4.69) is 5.32 Å². The second-order valence-electron chi connectivity index (χ2n) is 5.29. The van der Waals surface area contributed by atoms with Gasteiger partial charge in [0.1, 0.15) is 0 Å². The van der Waals surface area contributed by atoms with E-state index in [-0.39, 0.29) is 18.6 Å². The minimum atomic E-state index is -0.511. The molecule has 1 atom stereocenters. The van der Waals surface area contributed by atoms with Crippen molar-refractivity contribution in [1.29, 1.82) is 0 Å². The molecule has 120 valence electrons. The monoisotopic (exact) mass is 331 g/mol.